The molecule has 1 aromatic heterocycles. The molecule has 6 nitrogen and oxygen atoms in total. The lowest BCUT2D eigenvalue weighted by Crippen LogP contribution is -2.34. The fourth-order valence-corrected chi connectivity index (χ4v) is 3.35. The van der Waals surface area contributed by atoms with Crippen LogP contribution >= 0.6 is 0 Å². The molecule has 0 saturated carbocycles. The Balaban J connectivity index is 1.53. The Morgan fingerprint density at radius 3 is 2.62 bits per heavy atom. The number of rotatable bonds is 6. The molecule has 1 aromatic carbocycles. The van der Waals surface area contributed by atoms with Crippen LogP contribution in [0.4, 0.5) is 19.0 Å². The van der Waals surface area contributed by atoms with Gasteiger partial charge in [0.15, 0.2) is 0 Å². The summed E-state index contributed by atoms with van der Waals surface area (Å²) in [4.78, 5) is 5.91. The van der Waals surface area contributed by atoms with Gasteiger partial charge in [0.05, 0.1) is 11.3 Å². The zero-order valence-corrected chi connectivity index (χ0v) is 15.7. The zero-order chi connectivity index (χ0) is 20.9. The highest BCUT2D eigenvalue weighted by molar-refractivity contribution is 5.39. The maximum absolute atomic E-state index is 12.6. The van der Waals surface area contributed by atoms with Crippen LogP contribution in [0, 0.1) is 5.53 Å². The highest BCUT2D eigenvalue weighted by atomic mass is 19.4. The zero-order valence-electron chi connectivity index (χ0n) is 15.7. The first-order chi connectivity index (χ1) is 13.8. The number of pyridine rings is 1. The number of benzene rings is 1. The predicted octanol–water partition coefficient (Wildman–Crippen LogP) is 4.97. The van der Waals surface area contributed by atoms with Gasteiger partial charge in [0.1, 0.15) is 11.6 Å². The molecular formula is C20H22F3N5O. The molecule has 3 rings (SSSR count). The summed E-state index contributed by atoms with van der Waals surface area (Å²) in [5.41, 5.74) is 8.12. The summed E-state index contributed by atoms with van der Waals surface area (Å²) in [6, 6.07) is 9.51. The second-order valence-corrected chi connectivity index (χ2v) is 6.97. The van der Waals surface area contributed by atoms with Crippen molar-refractivity contribution in [3.63, 3.8) is 0 Å². The first-order valence-electron chi connectivity index (χ1n) is 9.23. The Morgan fingerprint density at radius 1 is 1.28 bits per heavy atom. The van der Waals surface area contributed by atoms with Crippen LogP contribution < -0.4 is 5.32 Å². The number of aromatic nitrogens is 1. The van der Waals surface area contributed by atoms with Crippen LogP contribution in [0.2, 0.25) is 0 Å². The number of hydrogen-bond donors (Lipinski definition) is 3. The van der Waals surface area contributed by atoms with Crippen LogP contribution in [0.25, 0.3) is 0 Å². The van der Waals surface area contributed by atoms with Crippen molar-refractivity contribution in [2.24, 2.45) is 5.11 Å². The third-order valence-corrected chi connectivity index (χ3v) is 4.94. The normalized spacial score (nSPS) is 16.6. The van der Waals surface area contributed by atoms with Crippen molar-refractivity contribution in [3.05, 3.63) is 65.6 Å². The Hall–Kier alpha value is -2.94. The number of phenolic OH excluding ortho intramolecular Hbond substituents is 1. The molecule has 0 aliphatic carbocycles. The van der Waals surface area contributed by atoms with E-state index in [1.54, 1.807) is 12.1 Å². The molecule has 3 N–H and O–H groups in total. The molecule has 0 radical (unpaired) electrons. The maximum atomic E-state index is 12.6. The van der Waals surface area contributed by atoms with E-state index in [2.05, 4.69) is 20.3 Å². The first kappa shape index (κ1) is 20.8. The van der Waals surface area contributed by atoms with E-state index < -0.39 is 11.7 Å². The molecule has 1 saturated heterocycles. The lowest BCUT2D eigenvalue weighted by molar-refractivity contribution is -0.137. The SMILES string of the molecule is N=N/C(=C\Nc1ccc(C(F)(F)F)cn1)CN1CCC(c2cccc(O)c2)CC1. The molecule has 1 fully saturated rings. The molecule has 0 spiro atoms. The van der Waals surface area contributed by atoms with E-state index in [0.717, 1.165) is 43.8 Å². The summed E-state index contributed by atoms with van der Waals surface area (Å²) in [7, 11) is 0. The van der Waals surface area contributed by atoms with Crippen molar-refractivity contribution >= 4 is 5.82 Å². The number of likely N-dealkylation sites (tertiary alicyclic amines) is 1. The van der Waals surface area contributed by atoms with Gasteiger partial charge >= 0.3 is 6.18 Å². The topological polar surface area (TPSA) is 84.6 Å². The molecule has 0 amide bonds. The van der Waals surface area contributed by atoms with Crippen molar-refractivity contribution in [3.8, 4) is 5.75 Å². The average molecular weight is 405 g/mol. The minimum absolute atomic E-state index is 0.252. The van der Waals surface area contributed by atoms with Gasteiger partial charge in [-0.1, -0.05) is 12.1 Å². The molecule has 0 atom stereocenters. The Labute approximate surface area is 166 Å². The minimum atomic E-state index is -4.42. The lowest BCUT2D eigenvalue weighted by atomic mass is 9.89. The van der Waals surface area contributed by atoms with Gasteiger partial charge in [-0.3, -0.25) is 4.90 Å². The Morgan fingerprint density at radius 2 is 2.03 bits per heavy atom. The molecule has 9 heteroatoms. The van der Waals surface area contributed by atoms with Crippen LogP contribution in [0.1, 0.15) is 29.9 Å². The number of phenols is 1. The highest BCUT2D eigenvalue weighted by Gasteiger charge is 2.30. The van der Waals surface area contributed by atoms with E-state index in [1.165, 1.54) is 12.3 Å². The molecule has 2 aromatic rings. The van der Waals surface area contributed by atoms with E-state index in [9.17, 15) is 18.3 Å². The van der Waals surface area contributed by atoms with Crippen LogP contribution in [0.5, 0.6) is 5.75 Å². The van der Waals surface area contributed by atoms with Gasteiger partial charge in [0.2, 0.25) is 0 Å². The quantitative estimate of drug-likeness (QED) is 0.593. The number of piperidine rings is 1. The van der Waals surface area contributed by atoms with Crippen LogP contribution in [-0.2, 0) is 6.18 Å². The summed E-state index contributed by atoms with van der Waals surface area (Å²) in [6.07, 6.45) is -0.303. The van der Waals surface area contributed by atoms with Crippen molar-refractivity contribution in [2.45, 2.75) is 24.9 Å². The van der Waals surface area contributed by atoms with Crippen LogP contribution in [0.15, 0.2) is 59.6 Å². The first-order valence-corrected chi connectivity index (χ1v) is 9.23. The van der Waals surface area contributed by atoms with Gasteiger partial charge in [-0.05, 0) is 61.7 Å². The third kappa shape index (κ3) is 5.77. The number of halogens is 3. The smallest absolute Gasteiger partial charge is 0.417 e. The fraction of sp³-hybridized carbons (Fsp3) is 0.350. The van der Waals surface area contributed by atoms with E-state index >= 15 is 0 Å². The highest BCUT2D eigenvalue weighted by Crippen LogP contribution is 2.30. The molecule has 1 aliphatic rings. The number of nitrogens with zero attached hydrogens (tertiary/aromatic N) is 3. The van der Waals surface area contributed by atoms with Gasteiger partial charge in [-0.2, -0.15) is 18.3 Å². The standard InChI is InChI=1S/C20H22F3N5O/c21-20(22,23)16-4-5-19(25-11-16)26-12-17(27-24)13-28-8-6-14(7-9-28)15-2-1-3-18(29)10-15/h1-5,10-12,14,24,29H,6-9,13H2,(H,25,26)/b17-12-,27-24?. The van der Waals surface area contributed by atoms with Crippen LogP contribution in [0.3, 0.4) is 0 Å². The summed E-state index contributed by atoms with van der Waals surface area (Å²) in [6.45, 7) is 2.11. The predicted molar refractivity (Wildman–Crippen MR) is 103 cm³/mol. The fourth-order valence-electron chi connectivity index (χ4n) is 3.35. The van der Waals surface area contributed by atoms with Crippen LogP contribution in [-0.4, -0.2) is 34.6 Å². The molecule has 1 aliphatic heterocycles. The van der Waals surface area contributed by atoms with E-state index in [4.69, 9.17) is 5.53 Å². The average Bonchev–Trinajstić information content (AvgIpc) is 2.71. The number of alkyl halides is 3. The van der Waals surface area contributed by atoms with Gasteiger partial charge < -0.3 is 10.4 Å². The monoisotopic (exact) mass is 405 g/mol. The number of anilines is 1. The number of hydrogen-bond acceptors (Lipinski definition) is 6. The summed E-state index contributed by atoms with van der Waals surface area (Å²) in [5.74, 6) is 0.904. The van der Waals surface area contributed by atoms with E-state index in [-0.39, 0.29) is 11.6 Å². The number of aromatic hydroxyl groups is 1. The molecule has 2 heterocycles. The molecule has 29 heavy (non-hydrogen) atoms. The minimum Gasteiger partial charge on any atom is -0.508 e. The molecule has 0 unspecified atom stereocenters. The van der Waals surface area contributed by atoms with E-state index in [1.807, 2.05) is 12.1 Å². The van der Waals surface area contributed by atoms with Gasteiger partial charge in [-0.25, -0.2) is 10.5 Å². The van der Waals surface area contributed by atoms with Crippen molar-refractivity contribution in [2.75, 3.05) is 25.0 Å². The van der Waals surface area contributed by atoms with Gasteiger partial charge in [0.25, 0.3) is 0 Å². The van der Waals surface area contributed by atoms with Crippen molar-refractivity contribution < 1.29 is 18.3 Å². The number of nitrogens with one attached hydrogen (secondary N) is 2. The molecular weight excluding hydrogens is 383 g/mol. The second kappa shape index (κ2) is 9.04. The molecule has 154 valence electrons. The van der Waals surface area contributed by atoms with Gasteiger partial charge in [0, 0.05) is 18.9 Å². The summed E-state index contributed by atoms with van der Waals surface area (Å²) < 4.78 is 37.7. The summed E-state index contributed by atoms with van der Waals surface area (Å²) in [5, 5.41) is 15.9. The lowest BCUT2D eigenvalue weighted by Gasteiger charge is -2.32. The summed E-state index contributed by atoms with van der Waals surface area (Å²) >= 11 is 0. The second-order valence-electron chi connectivity index (χ2n) is 6.97. The molecule has 0 bridgehead atoms. The van der Waals surface area contributed by atoms with Crippen molar-refractivity contribution in [1.82, 2.24) is 9.88 Å². The largest absolute Gasteiger partial charge is 0.508 e. The van der Waals surface area contributed by atoms with E-state index in [0.29, 0.717) is 18.2 Å². The van der Waals surface area contributed by atoms with Crippen molar-refractivity contribution in [1.29, 1.82) is 5.53 Å². The Kier molecular flexibility index (Phi) is 6.48. The third-order valence-electron chi connectivity index (χ3n) is 4.94. The van der Waals surface area contributed by atoms with Gasteiger partial charge in [-0.15, -0.1) is 0 Å². The Bertz CT molecular complexity index is 859. The maximum Gasteiger partial charge on any atom is 0.417 e.